The summed E-state index contributed by atoms with van der Waals surface area (Å²) in [4.78, 5) is 9.98. The molecule has 1 unspecified atom stereocenters. The Balaban J connectivity index is 2.58. The number of nitrogens with zero attached hydrogens (tertiary/aromatic N) is 3. The summed E-state index contributed by atoms with van der Waals surface area (Å²) in [6.07, 6.45) is -0.615. The molecule has 1 aromatic rings. The van der Waals surface area contributed by atoms with Gasteiger partial charge >= 0.3 is 5.82 Å². The molecule has 0 radical (unpaired) electrons. The molecule has 7 nitrogen and oxygen atoms in total. The average Bonchev–Trinajstić information content (AvgIpc) is 2.58. The molecule has 1 heterocycles. The van der Waals surface area contributed by atoms with E-state index in [9.17, 15) is 15.2 Å². The lowest BCUT2D eigenvalue weighted by molar-refractivity contribution is -0.389. The molecule has 7 heteroatoms. The molecule has 0 bridgehead atoms. The van der Waals surface area contributed by atoms with Gasteiger partial charge in [-0.05, 0) is 11.8 Å². The third-order valence-electron chi connectivity index (χ3n) is 2.30. The first-order valence-corrected chi connectivity index (χ1v) is 5.50. The van der Waals surface area contributed by atoms with Crippen LogP contribution in [0.3, 0.4) is 0 Å². The molecule has 2 N–H and O–H groups in total. The lowest BCUT2D eigenvalue weighted by atomic mass is 10.3. The second-order valence-electron chi connectivity index (χ2n) is 4.30. The maximum Gasteiger partial charge on any atom is 0.390 e. The monoisotopic (exact) mass is 242 g/mol. The van der Waals surface area contributed by atoms with Gasteiger partial charge in [0.05, 0.1) is 29.5 Å². The molecule has 1 atom stereocenters. The highest BCUT2D eigenvalue weighted by atomic mass is 16.6. The predicted octanol–water partition coefficient (Wildman–Crippen LogP) is 0.459. The van der Waals surface area contributed by atoms with Gasteiger partial charge in [-0.15, -0.1) is 0 Å². The van der Waals surface area contributed by atoms with Crippen LogP contribution in [0.15, 0.2) is 6.07 Å². The normalized spacial score (nSPS) is 13.0. The molecule has 0 saturated carbocycles. The Morgan fingerprint density at radius 2 is 2.29 bits per heavy atom. The molecule has 0 amide bonds. The number of aryl methyl sites for hydroxylation is 1. The van der Waals surface area contributed by atoms with Crippen LogP contribution in [0.5, 0.6) is 0 Å². The summed E-state index contributed by atoms with van der Waals surface area (Å²) < 4.78 is 1.45. The molecule has 17 heavy (non-hydrogen) atoms. The standard InChI is InChI=1S/C10H18N4O3/c1-7(2)11-5-9(15)6-13-8(3)4-10(12-13)14(16)17/h4,7,9,11,15H,5-6H2,1-3H3. The second kappa shape index (κ2) is 5.74. The Morgan fingerprint density at radius 3 is 2.76 bits per heavy atom. The number of nitrogens with one attached hydrogen (secondary N) is 1. The van der Waals surface area contributed by atoms with Crippen LogP contribution in [0.2, 0.25) is 0 Å². The van der Waals surface area contributed by atoms with E-state index in [-0.39, 0.29) is 18.4 Å². The molecule has 0 aromatic carbocycles. The third kappa shape index (κ3) is 4.12. The summed E-state index contributed by atoms with van der Waals surface area (Å²) in [6, 6.07) is 1.68. The van der Waals surface area contributed by atoms with Gasteiger partial charge < -0.3 is 20.5 Å². The van der Waals surface area contributed by atoms with Crippen molar-refractivity contribution < 1.29 is 10.0 Å². The Kier molecular flexibility index (Phi) is 4.59. The summed E-state index contributed by atoms with van der Waals surface area (Å²) in [5.74, 6) is -0.188. The number of aliphatic hydroxyl groups is 1. The van der Waals surface area contributed by atoms with E-state index in [0.29, 0.717) is 12.2 Å². The van der Waals surface area contributed by atoms with E-state index in [4.69, 9.17) is 0 Å². The van der Waals surface area contributed by atoms with E-state index in [2.05, 4.69) is 10.4 Å². The van der Waals surface area contributed by atoms with Gasteiger partial charge in [-0.25, -0.2) is 0 Å². The van der Waals surface area contributed by atoms with Gasteiger partial charge in [0.15, 0.2) is 0 Å². The third-order valence-corrected chi connectivity index (χ3v) is 2.30. The summed E-state index contributed by atoms with van der Waals surface area (Å²) in [5, 5.41) is 27.1. The Bertz CT molecular complexity index is 389. The topological polar surface area (TPSA) is 93.2 Å². The van der Waals surface area contributed by atoms with Crippen molar-refractivity contribution in [2.45, 2.75) is 39.5 Å². The van der Waals surface area contributed by atoms with Crippen molar-refractivity contribution in [1.82, 2.24) is 15.1 Å². The van der Waals surface area contributed by atoms with E-state index < -0.39 is 11.0 Å². The largest absolute Gasteiger partial charge is 0.390 e. The van der Waals surface area contributed by atoms with Gasteiger partial charge in [0.1, 0.15) is 0 Å². The minimum Gasteiger partial charge on any atom is -0.390 e. The zero-order valence-corrected chi connectivity index (χ0v) is 10.3. The fraction of sp³-hybridized carbons (Fsp3) is 0.700. The van der Waals surface area contributed by atoms with Gasteiger partial charge in [-0.2, -0.15) is 4.68 Å². The lowest BCUT2D eigenvalue weighted by Crippen LogP contribution is -2.34. The fourth-order valence-corrected chi connectivity index (χ4v) is 1.40. The molecule has 0 spiro atoms. The van der Waals surface area contributed by atoms with Crippen molar-refractivity contribution in [2.75, 3.05) is 6.54 Å². The number of hydrogen-bond acceptors (Lipinski definition) is 5. The van der Waals surface area contributed by atoms with Crippen molar-refractivity contribution >= 4 is 5.82 Å². The molecular formula is C10H18N4O3. The first kappa shape index (κ1) is 13.6. The maximum atomic E-state index is 10.5. The molecule has 1 aromatic heterocycles. The van der Waals surface area contributed by atoms with Gasteiger partial charge in [-0.3, -0.25) is 0 Å². The zero-order valence-electron chi connectivity index (χ0n) is 10.3. The van der Waals surface area contributed by atoms with Crippen molar-refractivity contribution in [3.63, 3.8) is 0 Å². The molecule has 0 aliphatic heterocycles. The van der Waals surface area contributed by atoms with E-state index >= 15 is 0 Å². The van der Waals surface area contributed by atoms with E-state index in [1.807, 2.05) is 13.8 Å². The summed E-state index contributed by atoms with van der Waals surface area (Å²) in [5.41, 5.74) is 0.667. The molecule has 0 aliphatic rings. The SMILES string of the molecule is Cc1cc([N+](=O)[O-])nn1CC(O)CNC(C)C. The first-order valence-electron chi connectivity index (χ1n) is 5.50. The highest BCUT2D eigenvalue weighted by molar-refractivity contribution is 5.20. The van der Waals surface area contributed by atoms with Crippen molar-refractivity contribution in [3.8, 4) is 0 Å². The van der Waals surface area contributed by atoms with Crippen LogP contribution in [0.1, 0.15) is 19.5 Å². The van der Waals surface area contributed by atoms with Gasteiger partial charge in [-0.1, -0.05) is 13.8 Å². The quantitative estimate of drug-likeness (QED) is 0.558. The van der Waals surface area contributed by atoms with Crippen LogP contribution in [0.4, 0.5) is 5.82 Å². The summed E-state index contributed by atoms with van der Waals surface area (Å²) >= 11 is 0. The molecule has 0 aliphatic carbocycles. The highest BCUT2D eigenvalue weighted by Crippen LogP contribution is 2.11. The Morgan fingerprint density at radius 1 is 1.65 bits per heavy atom. The number of hydrogen-bond donors (Lipinski definition) is 2. The van der Waals surface area contributed by atoms with Crippen LogP contribution >= 0.6 is 0 Å². The fourth-order valence-electron chi connectivity index (χ4n) is 1.40. The zero-order chi connectivity index (χ0) is 13.0. The molecule has 96 valence electrons. The van der Waals surface area contributed by atoms with Crippen molar-refractivity contribution in [2.24, 2.45) is 0 Å². The number of nitro groups is 1. The summed E-state index contributed by atoms with van der Waals surface area (Å²) in [6.45, 7) is 6.38. The summed E-state index contributed by atoms with van der Waals surface area (Å²) in [7, 11) is 0. The molecular weight excluding hydrogens is 224 g/mol. The van der Waals surface area contributed by atoms with E-state index in [1.165, 1.54) is 10.7 Å². The molecule has 0 saturated heterocycles. The molecule has 1 rings (SSSR count). The number of rotatable bonds is 6. The van der Waals surface area contributed by atoms with E-state index in [1.54, 1.807) is 6.92 Å². The van der Waals surface area contributed by atoms with Gasteiger partial charge in [0.25, 0.3) is 0 Å². The lowest BCUT2D eigenvalue weighted by Gasteiger charge is -2.13. The predicted molar refractivity (Wildman–Crippen MR) is 62.8 cm³/mol. The average molecular weight is 242 g/mol. The Labute approximate surface area is 99.6 Å². The molecule has 0 fully saturated rings. The van der Waals surface area contributed by atoms with Crippen molar-refractivity contribution in [1.29, 1.82) is 0 Å². The minimum absolute atomic E-state index is 0.188. The van der Waals surface area contributed by atoms with Crippen LogP contribution in [0.25, 0.3) is 0 Å². The maximum absolute atomic E-state index is 10.5. The first-order chi connectivity index (χ1) is 7.90. The highest BCUT2D eigenvalue weighted by Gasteiger charge is 2.17. The van der Waals surface area contributed by atoms with Gasteiger partial charge in [0.2, 0.25) is 0 Å². The van der Waals surface area contributed by atoms with E-state index in [0.717, 1.165) is 0 Å². The van der Waals surface area contributed by atoms with Crippen LogP contribution in [-0.4, -0.2) is 38.5 Å². The minimum atomic E-state index is -0.615. The Hall–Kier alpha value is -1.47. The van der Waals surface area contributed by atoms with Crippen LogP contribution < -0.4 is 5.32 Å². The number of aromatic nitrogens is 2. The van der Waals surface area contributed by atoms with Gasteiger partial charge in [0, 0.05) is 12.6 Å². The van der Waals surface area contributed by atoms with Crippen molar-refractivity contribution in [3.05, 3.63) is 21.9 Å². The smallest absolute Gasteiger partial charge is 0.390 e. The van der Waals surface area contributed by atoms with Crippen LogP contribution in [-0.2, 0) is 6.54 Å². The number of aliphatic hydroxyl groups excluding tert-OH is 1. The van der Waals surface area contributed by atoms with Crippen LogP contribution in [0, 0.1) is 17.0 Å². The second-order valence-corrected chi connectivity index (χ2v) is 4.30.